The molecule has 0 radical (unpaired) electrons. The van der Waals surface area contributed by atoms with Crippen LogP contribution in [0.3, 0.4) is 0 Å². The van der Waals surface area contributed by atoms with Crippen molar-refractivity contribution in [2.75, 3.05) is 0 Å². The highest BCUT2D eigenvalue weighted by atomic mass is 16.5. The summed E-state index contributed by atoms with van der Waals surface area (Å²) in [4.78, 5) is 0. The lowest BCUT2D eigenvalue weighted by atomic mass is 10.3. The first-order valence-corrected chi connectivity index (χ1v) is 3.52. The van der Waals surface area contributed by atoms with Crippen molar-refractivity contribution in [1.29, 1.82) is 0 Å². The quantitative estimate of drug-likeness (QED) is 0.531. The van der Waals surface area contributed by atoms with E-state index in [0.717, 1.165) is 12.2 Å². The van der Waals surface area contributed by atoms with Gasteiger partial charge in [-0.1, -0.05) is 6.92 Å². The van der Waals surface area contributed by atoms with Crippen LogP contribution in [-0.2, 0) is 4.74 Å². The molecule has 0 saturated carbocycles. The maximum absolute atomic E-state index is 5.41. The molecule has 0 heterocycles. The third-order valence-corrected chi connectivity index (χ3v) is 1.06. The molecule has 9 heavy (non-hydrogen) atoms. The highest BCUT2D eigenvalue weighted by molar-refractivity contribution is 4.88. The lowest BCUT2D eigenvalue weighted by molar-refractivity contribution is 0.141. The summed E-state index contributed by atoms with van der Waals surface area (Å²) in [6.45, 7) is 8.18. The first-order valence-electron chi connectivity index (χ1n) is 3.52. The fourth-order valence-corrected chi connectivity index (χ4v) is 0.658. The molecule has 0 aromatic rings. The number of allylic oxidation sites excluding steroid dienone is 2. The first-order chi connectivity index (χ1) is 4.20. The molecule has 0 unspecified atom stereocenters. The Hall–Kier alpha value is -0.460. The minimum Gasteiger partial charge on any atom is -0.496 e. The second-order valence-electron chi connectivity index (χ2n) is 2.28. The molecule has 1 heteroatoms. The van der Waals surface area contributed by atoms with Gasteiger partial charge in [0.15, 0.2) is 0 Å². The zero-order valence-electron chi connectivity index (χ0n) is 6.77. The summed E-state index contributed by atoms with van der Waals surface area (Å²) in [7, 11) is 0. The fraction of sp³-hybridized carbons (Fsp3) is 0.750. The van der Waals surface area contributed by atoms with Crippen molar-refractivity contribution in [2.45, 2.75) is 40.2 Å². The molecule has 0 aliphatic rings. The lowest BCUT2D eigenvalue weighted by Gasteiger charge is -2.10. The molecule has 0 atom stereocenters. The maximum atomic E-state index is 5.41. The fourth-order valence-electron chi connectivity index (χ4n) is 0.658. The molecule has 0 fully saturated rings. The minimum atomic E-state index is 0.316. The SMILES string of the molecule is C/C=C(\CC)OC(C)C. The highest BCUT2D eigenvalue weighted by Crippen LogP contribution is 2.05. The third-order valence-electron chi connectivity index (χ3n) is 1.06. The Balaban J connectivity index is 3.58. The molecular weight excluding hydrogens is 112 g/mol. The number of hydrogen-bond acceptors (Lipinski definition) is 1. The van der Waals surface area contributed by atoms with Gasteiger partial charge in [0.2, 0.25) is 0 Å². The van der Waals surface area contributed by atoms with Gasteiger partial charge in [0.1, 0.15) is 0 Å². The van der Waals surface area contributed by atoms with Gasteiger partial charge in [-0.15, -0.1) is 0 Å². The summed E-state index contributed by atoms with van der Waals surface area (Å²) >= 11 is 0. The van der Waals surface area contributed by atoms with Crippen LogP contribution in [0.25, 0.3) is 0 Å². The van der Waals surface area contributed by atoms with Gasteiger partial charge in [0.05, 0.1) is 11.9 Å². The van der Waals surface area contributed by atoms with E-state index >= 15 is 0 Å². The maximum Gasteiger partial charge on any atom is 0.0926 e. The number of hydrogen-bond donors (Lipinski definition) is 0. The Morgan fingerprint density at radius 1 is 1.56 bits per heavy atom. The van der Waals surface area contributed by atoms with Gasteiger partial charge in [-0.3, -0.25) is 0 Å². The van der Waals surface area contributed by atoms with Crippen LogP contribution in [0, 0.1) is 0 Å². The summed E-state index contributed by atoms with van der Waals surface area (Å²) in [6, 6.07) is 0. The molecule has 0 spiro atoms. The van der Waals surface area contributed by atoms with E-state index in [9.17, 15) is 0 Å². The molecule has 54 valence electrons. The standard InChI is InChI=1S/C8H16O/c1-5-8(6-2)9-7(3)4/h5,7H,6H2,1-4H3/b8-5+. The van der Waals surface area contributed by atoms with Crippen LogP contribution in [0.5, 0.6) is 0 Å². The molecule has 1 nitrogen and oxygen atoms in total. The average Bonchev–Trinajstić information content (AvgIpc) is 1.82. The van der Waals surface area contributed by atoms with E-state index in [1.54, 1.807) is 0 Å². The van der Waals surface area contributed by atoms with Crippen LogP contribution >= 0.6 is 0 Å². The van der Waals surface area contributed by atoms with Gasteiger partial charge in [-0.25, -0.2) is 0 Å². The monoisotopic (exact) mass is 128 g/mol. The molecule has 0 N–H and O–H groups in total. The van der Waals surface area contributed by atoms with E-state index < -0.39 is 0 Å². The predicted octanol–water partition coefficient (Wildman–Crippen LogP) is 2.73. The average molecular weight is 128 g/mol. The van der Waals surface area contributed by atoms with Crippen molar-refractivity contribution in [3.63, 3.8) is 0 Å². The van der Waals surface area contributed by atoms with Crippen LogP contribution in [0.4, 0.5) is 0 Å². The smallest absolute Gasteiger partial charge is 0.0926 e. The topological polar surface area (TPSA) is 9.23 Å². The molecule has 0 rings (SSSR count). The van der Waals surface area contributed by atoms with Crippen LogP contribution in [0.15, 0.2) is 11.8 Å². The largest absolute Gasteiger partial charge is 0.496 e. The van der Waals surface area contributed by atoms with Crippen molar-refractivity contribution in [2.24, 2.45) is 0 Å². The van der Waals surface area contributed by atoms with Gasteiger partial charge in [0.25, 0.3) is 0 Å². The summed E-state index contributed by atoms with van der Waals surface area (Å²) < 4.78 is 5.41. The van der Waals surface area contributed by atoms with Crippen molar-refractivity contribution < 1.29 is 4.74 Å². The summed E-state index contributed by atoms with van der Waals surface area (Å²) in [5.41, 5.74) is 0. The Morgan fingerprint density at radius 3 is 2.22 bits per heavy atom. The molecular formula is C8H16O. The second kappa shape index (κ2) is 4.42. The van der Waals surface area contributed by atoms with E-state index in [-0.39, 0.29) is 0 Å². The van der Waals surface area contributed by atoms with Crippen LogP contribution in [-0.4, -0.2) is 6.10 Å². The van der Waals surface area contributed by atoms with Crippen LogP contribution in [0.1, 0.15) is 34.1 Å². The minimum absolute atomic E-state index is 0.316. The summed E-state index contributed by atoms with van der Waals surface area (Å²) in [5.74, 6) is 1.09. The van der Waals surface area contributed by atoms with Gasteiger partial charge in [-0.2, -0.15) is 0 Å². The van der Waals surface area contributed by atoms with Crippen molar-refractivity contribution in [3.8, 4) is 0 Å². The van der Waals surface area contributed by atoms with Crippen molar-refractivity contribution in [3.05, 3.63) is 11.8 Å². The predicted molar refractivity (Wildman–Crippen MR) is 40.3 cm³/mol. The third kappa shape index (κ3) is 4.07. The Bertz CT molecular complexity index is 92.7. The Kier molecular flexibility index (Phi) is 4.20. The first kappa shape index (κ1) is 8.54. The van der Waals surface area contributed by atoms with E-state index in [2.05, 4.69) is 6.92 Å². The molecule has 0 aromatic carbocycles. The number of rotatable bonds is 3. The van der Waals surface area contributed by atoms with Crippen molar-refractivity contribution in [1.82, 2.24) is 0 Å². The Labute approximate surface area is 57.7 Å². The summed E-state index contributed by atoms with van der Waals surface area (Å²) in [5, 5.41) is 0. The molecule has 0 saturated heterocycles. The van der Waals surface area contributed by atoms with E-state index in [1.165, 1.54) is 0 Å². The van der Waals surface area contributed by atoms with E-state index in [4.69, 9.17) is 4.74 Å². The van der Waals surface area contributed by atoms with Gasteiger partial charge in [-0.05, 0) is 26.8 Å². The van der Waals surface area contributed by atoms with Gasteiger partial charge in [0, 0.05) is 6.42 Å². The van der Waals surface area contributed by atoms with Crippen LogP contribution in [0.2, 0.25) is 0 Å². The Morgan fingerprint density at radius 2 is 2.11 bits per heavy atom. The zero-order valence-corrected chi connectivity index (χ0v) is 6.77. The molecule has 0 aromatic heterocycles. The lowest BCUT2D eigenvalue weighted by Crippen LogP contribution is -2.00. The van der Waals surface area contributed by atoms with E-state index in [1.807, 2.05) is 26.8 Å². The van der Waals surface area contributed by atoms with Crippen LogP contribution < -0.4 is 0 Å². The van der Waals surface area contributed by atoms with Crippen molar-refractivity contribution >= 4 is 0 Å². The highest BCUT2D eigenvalue weighted by Gasteiger charge is 1.94. The van der Waals surface area contributed by atoms with Gasteiger partial charge >= 0.3 is 0 Å². The molecule has 0 bridgehead atoms. The summed E-state index contributed by atoms with van der Waals surface area (Å²) in [6.07, 6.45) is 3.32. The molecule has 0 aliphatic carbocycles. The second-order valence-corrected chi connectivity index (χ2v) is 2.28. The molecule has 0 amide bonds. The van der Waals surface area contributed by atoms with E-state index in [0.29, 0.717) is 6.10 Å². The normalized spacial score (nSPS) is 12.3. The zero-order chi connectivity index (χ0) is 7.28. The number of ether oxygens (including phenoxy) is 1. The van der Waals surface area contributed by atoms with Gasteiger partial charge < -0.3 is 4.74 Å². The molecule has 0 aliphatic heterocycles.